The molecule has 0 aliphatic carbocycles. The molecule has 0 spiro atoms. The Kier molecular flexibility index (Phi) is 4.25. The van der Waals surface area contributed by atoms with Crippen LogP contribution in [-0.2, 0) is 4.74 Å². The minimum Gasteiger partial charge on any atom is -0.465 e. The summed E-state index contributed by atoms with van der Waals surface area (Å²) in [6.07, 6.45) is 0. The number of benzene rings is 2. The first-order valence-electron chi connectivity index (χ1n) is 5.83. The van der Waals surface area contributed by atoms with Crippen molar-refractivity contribution in [3.05, 3.63) is 58.4 Å². The first-order chi connectivity index (χ1) is 9.51. The van der Waals surface area contributed by atoms with Crippen LogP contribution < -0.4 is 4.74 Å². The summed E-state index contributed by atoms with van der Waals surface area (Å²) in [5, 5.41) is 0.0254. The topological polar surface area (TPSA) is 35.5 Å². The number of carbonyl (C=O) groups excluding carboxylic acids is 1. The SMILES string of the molecule is COC(=O)c1ccc(C)c(Oc2ccc(Cl)c(F)c2)c1. The summed E-state index contributed by atoms with van der Waals surface area (Å²) in [7, 11) is 1.30. The number of rotatable bonds is 3. The van der Waals surface area contributed by atoms with Gasteiger partial charge in [0.25, 0.3) is 0 Å². The van der Waals surface area contributed by atoms with Gasteiger partial charge in [0, 0.05) is 6.07 Å². The van der Waals surface area contributed by atoms with E-state index < -0.39 is 11.8 Å². The lowest BCUT2D eigenvalue weighted by Gasteiger charge is -2.10. The molecule has 0 aliphatic rings. The first kappa shape index (κ1) is 14.3. The van der Waals surface area contributed by atoms with Crippen LogP contribution in [0.2, 0.25) is 5.02 Å². The Bertz CT molecular complexity index is 656. The van der Waals surface area contributed by atoms with Crippen LogP contribution in [0.4, 0.5) is 4.39 Å². The van der Waals surface area contributed by atoms with Crippen molar-refractivity contribution in [3.63, 3.8) is 0 Å². The van der Waals surface area contributed by atoms with Gasteiger partial charge in [0.15, 0.2) is 0 Å². The first-order valence-corrected chi connectivity index (χ1v) is 6.21. The normalized spacial score (nSPS) is 10.2. The molecule has 0 amide bonds. The molecule has 0 aliphatic heterocycles. The van der Waals surface area contributed by atoms with E-state index in [1.807, 2.05) is 6.92 Å². The second-order valence-corrected chi connectivity index (χ2v) is 4.56. The smallest absolute Gasteiger partial charge is 0.337 e. The van der Waals surface area contributed by atoms with Crippen LogP contribution in [0.5, 0.6) is 11.5 Å². The number of esters is 1. The number of carbonyl (C=O) groups is 1. The summed E-state index contributed by atoms with van der Waals surface area (Å²) in [4.78, 5) is 11.5. The van der Waals surface area contributed by atoms with E-state index in [1.165, 1.54) is 19.2 Å². The monoisotopic (exact) mass is 294 g/mol. The van der Waals surface area contributed by atoms with E-state index in [-0.39, 0.29) is 5.02 Å². The maximum absolute atomic E-state index is 13.4. The molecular weight excluding hydrogens is 283 g/mol. The molecular formula is C15H12ClFO3. The van der Waals surface area contributed by atoms with Gasteiger partial charge in [0.05, 0.1) is 17.7 Å². The van der Waals surface area contributed by atoms with Crippen molar-refractivity contribution in [2.45, 2.75) is 6.92 Å². The molecule has 0 saturated heterocycles. The van der Waals surface area contributed by atoms with E-state index in [9.17, 15) is 9.18 Å². The Balaban J connectivity index is 2.32. The molecule has 0 fully saturated rings. The van der Waals surface area contributed by atoms with Crippen molar-refractivity contribution in [2.75, 3.05) is 7.11 Å². The standard InChI is InChI=1S/C15H12ClFO3/c1-9-3-4-10(15(18)19-2)7-14(9)20-11-5-6-12(16)13(17)8-11/h3-8H,1-2H3. The van der Waals surface area contributed by atoms with E-state index in [4.69, 9.17) is 16.3 Å². The fourth-order valence-corrected chi connectivity index (χ4v) is 1.74. The third-order valence-corrected chi connectivity index (χ3v) is 3.03. The third-order valence-electron chi connectivity index (χ3n) is 2.73. The Labute approximate surface area is 120 Å². The van der Waals surface area contributed by atoms with Gasteiger partial charge in [-0.15, -0.1) is 0 Å². The number of ether oxygens (including phenoxy) is 2. The average Bonchev–Trinajstić information content (AvgIpc) is 2.44. The molecule has 5 heteroatoms. The highest BCUT2D eigenvalue weighted by atomic mass is 35.5. The quantitative estimate of drug-likeness (QED) is 0.789. The summed E-state index contributed by atoms with van der Waals surface area (Å²) >= 11 is 5.61. The molecule has 0 radical (unpaired) electrons. The maximum Gasteiger partial charge on any atom is 0.337 e. The van der Waals surface area contributed by atoms with Crippen LogP contribution in [0.1, 0.15) is 15.9 Å². The second-order valence-electron chi connectivity index (χ2n) is 4.15. The molecule has 104 valence electrons. The molecule has 0 aromatic heterocycles. The molecule has 0 saturated carbocycles. The lowest BCUT2D eigenvalue weighted by atomic mass is 10.1. The summed E-state index contributed by atoms with van der Waals surface area (Å²) in [6, 6.07) is 9.06. The van der Waals surface area contributed by atoms with E-state index in [0.717, 1.165) is 5.56 Å². The Hall–Kier alpha value is -2.07. The van der Waals surface area contributed by atoms with E-state index in [0.29, 0.717) is 17.1 Å². The summed E-state index contributed by atoms with van der Waals surface area (Å²) < 4.78 is 23.6. The molecule has 0 heterocycles. The van der Waals surface area contributed by atoms with Crippen molar-refractivity contribution >= 4 is 17.6 Å². The van der Waals surface area contributed by atoms with Gasteiger partial charge in [-0.05, 0) is 36.8 Å². The molecule has 2 aromatic carbocycles. The number of hydrogen-bond acceptors (Lipinski definition) is 3. The lowest BCUT2D eigenvalue weighted by molar-refractivity contribution is 0.0600. The summed E-state index contributed by atoms with van der Waals surface area (Å²) in [5.41, 5.74) is 1.18. The number of methoxy groups -OCH3 is 1. The van der Waals surface area contributed by atoms with Crippen LogP contribution in [0.25, 0.3) is 0 Å². The zero-order valence-electron chi connectivity index (χ0n) is 10.9. The van der Waals surface area contributed by atoms with Gasteiger partial charge >= 0.3 is 5.97 Å². The van der Waals surface area contributed by atoms with Gasteiger partial charge < -0.3 is 9.47 Å². The van der Waals surface area contributed by atoms with Crippen molar-refractivity contribution in [3.8, 4) is 11.5 Å². The van der Waals surface area contributed by atoms with Gasteiger partial charge in [-0.3, -0.25) is 0 Å². The highest BCUT2D eigenvalue weighted by Crippen LogP contribution is 2.28. The van der Waals surface area contributed by atoms with Crippen LogP contribution in [0.3, 0.4) is 0 Å². The van der Waals surface area contributed by atoms with Crippen LogP contribution in [0, 0.1) is 12.7 Å². The fraction of sp³-hybridized carbons (Fsp3) is 0.133. The average molecular weight is 295 g/mol. The van der Waals surface area contributed by atoms with Crippen LogP contribution in [0.15, 0.2) is 36.4 Å². The van der Waals surface area contributed by atoms with E-state index in [2.05, 4.69) is 4.74 Å². The molecule has 0 atom stereocenters. The molecule has 0 unspecified atom stereocenters. The highest BCUT2D eigenvalue weighted by molar-refractivity contribution is 6.30. The largest absolute Gasteiger partial charge is 0.465 e. The predicted molar refractivity (Wildman–Crippen MR) is 74.0 cm³/mol. The van der Waals surface area contributed by atoms with E-state index in [1.54, 1.807) is 24.3 Å². The Morgan fingerprint density at radius 1 is 1.20 bits per heavy atom. The predicted octanol–water partition coefficient (Wildman–Crippen LogP) is 4.37. The molecule has 0 N–H and O–H groups in total. The Morgan fingerprint density at radius 2 is 1.95 bits per heavy atom. The minimum atomic E-state index is -0.564. The Morgan fingerprint density at radius 3 is 2.60 bits per heavy atom. The maximum atomic E-state index is 13.4. The minimum absolute atomic E-state index is 0.0254. The van der Waals surface area contributed by atoms with Gasteiger partial charge in [-0.25, -0.2) is 9.18 Å². The van der Waals surface area contributed by atoms with Crippen LogP contribution >= 0.6 is 11.6 Å². The number of aryl methyl sites for hydroxylation is 1. The lowest BCUT2D eigenvalue weighted by Crippen LogP contribution is -2.01. The van der Waals surface area contributed by atoms with Crippen molar-refractivity contribution in [1.29, 1.82) is 0 Å². The molecule has 0 bridgehead atoms. The summed E-state index contributed by atoms with van der Waals surface area (Å²) in [5.74, 6) is -0.269. The molecule has 2 rings (SSSR count). The van der Waals surface area contributed by atoms with E-state index >= 15 is 0 Å². The molecule has 20 heavy (non-hydrogen) atoms. The zero-order chi connectivity index (χ0) is 14.7. The zero-order valence-corrected chi connectivity index (χ0v) is 11.7. The molecule has 2 aromatic rings. The fourth-order valence-electron chi connectivity index (χ4n) is 1.62. The summed E-state index contributed by atoms with van der Waals surface area (Å²) in [6.45, 7) is 1.82. The van der Waals surface area contributed by atoms with Crippen LogP contribution in [-0.4, -0.2) is 13.1 Å². The van der Waals surface area contributed by atoms with Gasteiger partial charge in [0.1, 0.15) is 17.3 Å². The molecule has 3 nitrogen and oxygen atoms in total. The highest BCUT2D eigenvalue weighted by Gasteiger charge is 2.10. The second kappa shape index (κ2) is 5.92. The van der Waals surface area contributed by atoms with Crippen molar-refractivity contribution in [1.82, 2.24) is 0 Å². The van der Waals surface area contributed by atoms with Crippen molar-refractivity contribution < 1.29 is 18.7 Å². The van der Waals surface area contributed by atoms with Gasteiger partial charge in [0.2, 0.25) is 0 Å². The number of halogens is 2. The van der Waals surface area contributed by atoms with Gasteiger partial charge in [-0.2, -0.15) is 0 Å². The van der Waals surface area contributed by atoms with Crippen molar-refractivity contribution in [2.24, 2.45) is 0 Å². The third kappa shape index (κ3) is 3.08. The number of hydrogen-bond donors (Lipinski definition) is 0. The van der Waals surface area contributed by atoms with Gasteiger partial charge in [-0.1, -0.05) is 17.7 Å².